The van der Waals surface area contributed by atoms with Gasteiger partial charge in [-0.1, -0.05) is 11.6 Å². The Morgan fingerprint density at radius 2 is 2.32 bits per heavy atom. The smallest absolute Gasteiger partial charge is 0.244 e. The van der Waals surface area contributed by atoms with Crippen molar-refractivity contribution in [2.24, 2.45) is 0 Å². The summed E-state index contributed by atoms with van der Waals surface area (Å²) in [6.07, 6.45) is 4.01. The number of anilines is 3. The third-order valence-corrected chi connectivity index (χ3v) is 3.76. The molecule has 2 heterocycles. The molecule has 0 bridgehead atoms. The van der Waals surface area contributed by atoms with E-state index >= 15 is 0 Å². The predicted molar refractivity (Wildman–Crippen MR) is 86.8 cm³/mol. The van der Waals surface area contributed by atoms with Gasteiger partial charge in [-0.3, -0.25) is 0 Å². The molecule has 0 radical (unpaired) electrons. The molecular formula is C15H18ClN5O. The Bertz CT molecular complexity index is 646. The summed E-state index contributed by atoms with van der Waals surface area (Å²) in [4.78, 5) is 4.41. The number of benzene rings is 1. The largest absolute Gasteiger partial charge is 0.376 e. The number of hydrogen-bond donors (Lipinski definition) is 2. The van der Waals surface area contributed by atoms with Gasteiger partial charge in [0.25, 0.3) is 0 Å². The molecule has 1 aromatic carbocycles. The van der Waals surface area contributed by atoms with Crippen molar-refractivity contribution in [2.75, 3.05) is 23.8 Å². The van der Waals surface area contributed by atoms with E-state index < -0.39 is 0 Å². The molecule has 1 atom stereocenters. The predicted octanol–water partition coefficient (Wildman–Crippen LogP) is 3.17. The van der Waals surface area contributed by atoms with Crippen LogP contribution in [-0.2, 0) is 4.74 Å². The lowest BCUT2D eigenvalue weighted by atomic mass is 10.2. The van der Waals surface area contributed by atoms with E-state index in [1.54, 1.807) is 6.20 Å². The highest BCUT2D eigenvalue weighted by atomic mass is 35.5. The Hall–Kier alpha value is -1.92. The summed E-state index contributed by atoms with van der Waals surface area (Å²) in [6.45, 7) is 3.52. The van der Waals surface area contributed by atoms with Crippen molar-refractivity contribution in [1.82, 2.24) is 15.2 Å². The van der Waals surface area contributed by atoms with E-state index in [-0.39, 0.29) is 6.10 Å². The fourth-order valence-corrected chi connectivity index (χ4v) is 2.58. The van der Waals surface area contributed by atoms with Crippen LogP contribution in [0, 0.1) is 6.92 Å². The fraction of sp³-hybridized carbons (Fsp3) is 0.400. The molecular weight excluding hydrogens is 302 g/mol. The molecule has 2 aromatic rings. The molecule has 1 saturated heterocycles. The summed E-state index contributed by atoms with van der Waals surface area (Å²) in [5.41, 5.74) is 1.98. The first-order valence-corrected chi connectivity index (χ1v) is 7.67. The number of nitrogens with one attached hydrogen (secondary N) is 2. The zero-order valence-electron chi connectivity index (χ0n) is 12.3. The van der Waals surface area contributed by atoms with E-state index in [9.17, 15) is 0 Å². The van der Waals surface area contributed by atoms with Crippen LogP contribution in [0.1, 0.15) is 18.4 Å². The van der Waals surface area contributed by atoms with E-state index in [2.05, 4.69) is 25.8 Å². The summed E-state index contributed by atoms with van der Waals surface area (Å²) < 4.78 is 5.56. The number of ether oxygens (including phenoxy) is 1. The number of halogens is 1. The van der Waals surface area contributed by atoms with Crippen LogP contribution in [0.2, 0.25) is 5.02 Å². The summed E-state index contributed by atoms with van der Waals surface area (Å²) in [5.74, 6) is 1.13. The number of nitrogens with zero attached hydrogens (tertiary/aromatic N) is 3. The lowest BCUT2D eigenvalue weighted by molar-refractivity contribution is 0.120. The number of aromatic nitrogens is 3. The van der Waals surface area contributed by atoms with E-state index in [1.165, 1.54) is 0 Å². The maximum Gasteiger partial charge on any atom is 0.244 e. The molecule has 0 saturated carbocycles. The molecule has 1 aliphatic rings. The van der Waals surface area contributed by atoms with Crippen LogP contribution >= 0.6 is 11.6 Å². The van der Waals surface area contributed by atoms with Crippen molar-refractivity contribution in [3.63, 3.8) is 0 Å². The summed E-state index contributed by atoms with van der Waals surface area (Å²) in [7, 11) is 0. The first-order chi connectivity index (χ1) is 10.7. The molecule has 116 valence electrons. The molecule has 0 spiro atoms. The fourth-order valence-electron chi connectivity index (χ4n) is 2.35. The van der Waals surface area contributed by atoms with Gasteiger partial charge >= 0.3 is 0 Å². The summed E-state index contributed by atoms with van der Waals surface area (Å²) in [5, 5.41) is 15.1. The van der Waals surface area contributed by atoms with E-state index in [4.69, 9.17) is 16.3 Å². The SMILES string of the molecule is Cc1cc(Cl)ccc1Nc1cnnc(NCC2CCCO2)n1. The van der Waals surface area contributed by atoms with Gasteiger partial charge in [0, 0.05) is 23.9 Å². The highest BCUT2D eigenvalue weighted by molar-refractivity contribution is 6.30. The molecule has 0 aliphatic carbocycles. The minimum Gasteiger partial charge on any atom is -0.376 e. The number of rotatable bonds is 5. The van der Waals surface area contributed by atoms with Crippen molar-refractivity contribution >= 4 is 29.1 Å². The second kappa shape index (κ2) is 6.89. The Morgan fingerprint density at radius 3 is 3.09 bits per heavy atom. The van der Waals surface area contributed by atoms with Crippen LogP contribution in [-0.4, -0.2) is 34.4 Å². The molecule has 1 aliphatic heterocycles. The maximum absolute atomic E-state index is 5.96. The lowest BCUT2D eigenvalue weighted by Crippen LogP contribution is -2.20. The van der Waals surface area contributed by atoms with Gasteiger partial charge in [-0.05, 0) is 43.5 Å². The van der Waals surface area contributed by atoms with Crippen molar-refractivity contribution in [1.29, 1.82) is 0 Å². The first-order valence-electron chi connectivity index (χ1n) is 7.29. The Kier molecular flexibility index (Phi) is 4.70. The van der Waals surface area contributed by atoms with Crippen molar-refractivity contribution < 1.29 is 4.74 Å². The lowest BCUT2D eigenvalue weighted by Gasteiger charge is -2.12. The first kappa shape index (κ1) is 15.0. The molecule has 2 N–H and O–H groups in total. The molecule has 1 fully saturated rings. The van der Waals surface area contributed by atoms with Gasteiger partial charge in [0.05, 0.1) is 12.3 Å². The van der Waals surface area contributed by atoms with Crippen molar-refractivity contribution in [3.8, 4) is 0 Å². The Balaban J connectivity index is 1.65. The van der Waals surface area contributed by atoms with E-state index in [0.717, 1.165) is 30.7 Å². The average molecular weight is 320 g/mol. The van der Waals surface area contributed by atoms with Crippen LogP contribution in [0.15, 0.2) is 24.4 Å². The van der Waals surface area contributed by atoms with Crippen molar-refractivity contribution in [3.05, 3.63) is 35.0 Å². The topological polar surface area (TPSA) is 72.0 Å². The highest BCUT2D eigenvalue weighted by Crippen LogP contribution is 2.22. The van der Waals surface area contributed by atoms with Gasteiger partial charge < -0.3 is 15.4 Å². The van der Waals surface area contributed by atoms with Gasteiger partial charge in [0.1, 0.15) is 0 Å². The molecule has 3 rings (SSSR count). The number of hydrogen-bond acceptors (Lipinski definition) is 6. The molecule has 7 heteroatoms. The molecule has 0 amide bonds. The van der Waals surface area contributed by atoms with Crippen LogP contribution in [0.25, 0.3) is 0 Å². The zero-order chi connectivity index (χ0) is 15.4. The van der Waals surface area contributed by atoms with Crippen LogP contribution in [0.5, 0.6) is 0 Å². The quantitative estimate of drug-likeness (QED) is 0.882. The third kappa shape index (κ3) is 3.84. The van der Waals surface area contributed by atoms with Gasteiger partial charge in [0.15, 0.2) is 5.82 Å². The van der Waals surface area contributed by atoms with Crippen LogP contribution in [0.4, 0.5) is 17.5 Å². The monoisotopic (exact) mass is 319 g/mol. The third-order valence-electron chi connectivity index (χ3n) is 3.52. The average Bonchev–Trinajstić information content (AvgIpc) is 3.02. The van der Waals surface area contributed by atoms with E-state index in [0.29, 0.717) is 23.3 Å². The standard InChI is InChI=1S/C15H18ClN5O/c1-10-7-11(16)4-5-13(10)19-14-9-18-21-15(20-14)17-8-12-3-2-6-22-12/h4-5,7,9,12H,2-3,6,8H2,1H3,(H2,17,19,20,21). The molecule has 1 aromatic heterocycles. The van der Waals surface area contributed by atoms with Gasteiger partial charge in [-0.25, -0.2) is 0 Å². The normalized spacial score (nSPS) is 17.5. The van der Waals surface area contributed by atoms with Crippen molar-refractivity contribution in [2.45, 2.75) is 25.9 Å². The minimum absolute atomic E-state index is 0.235. The minimum atomic E-state index is 0.235. The number of aryl methyl sites for hydroxylation is 1. The van der Waals surface area contributed by atoms with Gasteiger partial charge in [0.2, 0.25) is 5.95 Å². The molecule has 1 unspecified atom stereocenters. The highest BCUT2D eigenvalue weighted by Gasteiger charge is 2.15. The Labute approximate surface area is 134 Å². The Morgan fingerprint density at radius 1 is 1.41 bits per heavy atom. The molecule has 22 heavy (non-hydrogen) atoms. The van der Waals surface area contributed by atoms with Crippen LogP contribution in [0.3, 0.4) is 0 Å². The molecule has 6 nitrogen and oxygen atoms in total. The zero-order valence-corrected chi connectivity index (χ0v) is 13.1. The summed E-state index contributed by atoms with van der Waals surface area (Å²) in [6, 6.07) is 5.65. The second-order valence-corrected chi connectivity index (χ2v) is 5.70. The maximum atomic E-state index is 5.96. The van der Waals surface area contributed by atoms with Gasteiger partial charge in [-0.15, -0.1) is 5.10 Å². The summed E-state index contributed by atoms with van der Waals surface area (Å²) >= 11 is 5.96. The van der Waals surface area contributed by atoms with Gasteiger partial charge in [-0.2, -0.15) is 10.1 Å². The van der Waals surface area contributed by atoms with E-state index in [1.807, 2.05) is 25.1 Å². The van der Waals surface area contributed by atoms with Crippen LogP contribution < -0.4 is 10.6 Å². The second-order valence-electron chi connectivity index (χ2n) is 5.27.